The van der Waals surface area contributed by atoms with Crippen molar-refractivity contribution in [1.82, 2.24) is 4.90 Å². The van der Waals surface area contributed by atoms with Crippen molar-refractivity contribution in [3.63, 3.8) is 0 Å². The van der Waals surface area contributed by atoms with Crippen molar-refractivity contribution in [2.45, 2.75) is 0 Å². The van der Waals surface area contributed by atoms with Gasteiger partial charge in [-0.2, -0.15) is 5.10 Å². The zero-order valence-electron chi connectivity index (χ0n) is 14.1. The molecule has 130 valence electrons. The van der Waals surface area contributed by atoms with Gasteiger partial charge >= 0.3 is 0 Å². The number of para-hydroxylation sites is 1. The predicted molar refractivity (Wildman–Crippen MR) is 100 cm³/mol. The van der Waals surface area contributed by atoms with Gasteiger partial charge in [0, 0.05) is 37.8 Å². The van der Waals surface area contributed by atoms with Gasteiger partial charge in [-0.1, -0.05) is 24.3 Å². The lowest BCUT2D eigenvalue weighted by atomic mass is 10.1. The summed E-state index contributed by atoms with van der Waals surface area (Å²) in [7, 11) is 2.06. The number of nitro groups is 1. The Bertz CT molecular complexity index is 755. The van der Waals surface area contributed by atoms with Gasteiger partial charge in [0.25, 0.3) is 5.69 Å². The first-order chi connectivity index (χ1) is 12.1. The molecule has 0 aromatic heterocycles. The van der Waals surface area contributed by atoms with E-state index in [1.165, 1.54) is 0 Å². The molecule has 1 aliphatic rings. The molecule has 0 radical (unpaired) electrons. The summed E-state index contributed by atoms with van der Waals surface area (Å²) in [6, 6.07) is 14.8. The molecular formula is C18H21N5O2. The molecular weight excluding hydrogens is 318 g/mol. The van der Waals surface area contributed by atoms with Crippen LogP contribution in [0.4, 0.5) is 17.1 Å². The van der Waals surface area contributed by atoms with Gasteiger partial charge in [-0.05, 0) is 25.2 Å². The third kappa shape index (κ3) is 4.33. The Kier molecular flexibility index (Phi) is 5.25. The first-order valence-electron chi connectivity index (χ1n) is 8.19. The van der Waals surface area contributed by atoms with Crippen LogP contribution in [0.2, 0.25) is 0 Å². The van der Waals surface area contributed by atoms with Crippen LogP contribution in [-0.2, 0) is 0 Å². The fraction of sp³-hybridized carbons (Fsp3) is 0.278. The Labute approximate surface area is 146 Å². The molecule has 0 atom stereocenters. The molecule has 0 bridgehead atoms. The van der Waals surface area contributed by atoms with Gasteiger partial charge in [0.1, 0.15) is 5.69 Å². The molecule has 1 aliphatic heterocycles. The first kappa shape index (κ1) is 16.9. The Morgan fingerprint density at radius 2 is 1.84 bits per heavy atom. The molecule has 7 nitrogen and oxygen atoms in total. The zero-order valence-corrected chi connectivity index (χ0v) is 14.1. The largest absolute Gasteiger partial charge is 0.363 e. The number of hydrogen-bond donors (Lipinski definition) is 1. The SMILES string of the molecule is CN1CCN(c2ccc(/C=N\Nc3ccccc3)cc2[N+](=O)[O-])CC1. The van der Waals surface area contributed by atoms with Crippen molar-refractivity contribution >= 4 is 23.3 Å². The van der Waals surface area contributed by atoms with Crippen LogP contribution >= 0.6 is 0 Å². The monoisotopic (exact) mass is 339 g/mol. The molecule has 0 amide bonds. The van der Waals surface area contributed by atoms with Crippen LogP contribution in [0.5, 0.6) is 0 Å². The highest BCUT2D eigenvalue weighted by Crippen LogP contribution is 2.29. The normalized spacial score (nSPS) is 15.5. The number of piperazine rings is 1. The highest BCUT2D eigenvalue weighted by Gasteiger charge is 2.22. The summed E-state index contributed by atoms with van der Waals surface area (Å²) in [5, 5.41) is 15.6. The van der Waals surface area contributed by atoms with Gasteiger partial charge in [-0.25, -0.2) is 0 Å². The van der Waals surface area contributed by atoms with Crippen LogP contribution < -0.4 is 10.3 Å². The molecule has 1 fully saturated rings. The second-order valence-corrected chi connectivity index (χ2v) is 6.03. The molecule has 3 rings (SSSR count). The van der Waals surface area contributed by atoms with Crippen LogP contribution in [0.25, 0.3) is 0 Å². The van der Waals surface area contributed by atoms with E-state index in [1.807, 2.05) is 42.5 Å². The number of anilines is 2. The minimum Gasteiger partial charge on any atom is -0.363 e. The van der Waals surface area contributed by atoms with Crippen LogP contribution in [0.1, 0.15) is 5.56 Å². The summed E-state index contributed by atoms with van der Waals surface area (Å²) >= 11 is 0. The van der Waals surface area contributed by atoms with Gasteiger partial charge < -0.3 is 9.80 Å². The summed E-state index contributed by atoms with van der Waals surface area (Å²) in [6.45, 7) is 3.39. The van der Waals surface area contributed by atoms with Crippen molar-refractivity contribution < 1.29 is 4.92 Å². The van der Waals surface area contributed by atoms with Crippen LogP contribution in [-0.4, -0.2) is 49.3 Å². The van der Waals surface area contributed by atoms with E-state index >= 15 is 0 Å². The van der Waals surface area contributed by atoms with E-state index in [0.29, 0.717) is 11.3 Å². The van der Waals surface area contributed by atoms with Crippen molar-refractivity contribution in [3.8, 4) is 0 Å². The number of nitro benzene ring substituents is 1. The van der Waals surface area contributed by atoms with Crippen LogP contribution in [0, 0.1) is 10.1 Å². The highest BCUT2D eigenvalue weighted by atomic mass is 16.6. The molecule has 1 N–H and O–H groups in total. The molecule has 2 aromatic rings. The second-order valence-electron chi connectivity index (χ2n) is 6.03. The lowest BCUT2D eigenvalue weighted by Gasteiger charge is -2.33. The predicted octanol–water partition coefficient (Wildman–Crippen LogP) is 2.79. The smallest absolute Gasteiger partial charge is 0.293 e. The molecule has 0 spiro atoms. The van der Waals surface area contributed by atoms with E-state index in [0.717, 1.165) is 31.9 Å². The maximum Gasteiger partial charge on any atom is 0.293 e. The van der Waals surface area contributed by atoms with Crippen molar-refractivity contribution in [3.05, 3.63) is 64.2 Å². The Hall–Kier alpha value is -2.93. The molecule has 0 aliphatic carbocycles. The van der Waals surface area contributed by atoms with Gasteiger partial charge in [0.2, 0.25) is 0 Å². The van der Waals surface area contributed by atoms with E-state index in [-0.39, 0.29) is 10.6 Å². The van der Waals surface area contributed by atoms with Gasteiger partial charge in [0.15, 0.2) is 0 Å². The molecule has 0 unspecified atom stereocenters. The Morgan fingerprint density at radius 3 is 2.52 bits per heavy atom. The summed E-state index contributed by atoms with van der Waals surface area (Å²) in [5.74, 6) is 0. The third-order valence-electron chi connectivity index (χ3n) is 4.22. The zero-order chi connectivity index (χ0) is 17.6. The average molecular weight is 339 g/mol. The maximum absolute atomic E-state index is 11.5. The van der Waals surface area contributed by atoms with E-state index in [2.05, 4.69) is 27.4 Å². The van der Waals surface area contributed by atoms with Crippen molar-refractivity contribution in [2.75, 3.05) is 43.6 Å². The topological polar surface area (TPSA) is 74.0 Å². The third-order valence-corrected chi connectivity index (χ3v) is 4.22. The number of hydrogen-bond acceptors (Lipinski definition) is 6. The maximum atomic E-state index is 11.5. The van der Waals surface area contributed by atoms with E-state index in [4.69, 9.17) is 0 Å². The van der Waals surface area contributed by atoms with Crippen molar-refractivity contribution in [2.24, 2.45) is 5.10 Å². The summed E-state index contributed by atoms with van der Waals surface area (Å²) in [5.41, 5.74) is 5.25. The standard InChI is InChI=1S/C18H21N5O2/c1-21-9-11-22(12-10-21)17-8-7-15(13-18(17)23(24)25)14-19-20-16-5-3-2-4-6-16/h2-8,13-14,20H,9-12H2,1H3/b19-14-. The minimum atomic E-state index is -0.324. The number of rotatable bonds is 5. The molecule has 2 aromatic carbocycles. The summed E-state index contributed by atoms with van der Waals surface area (Å²) in [4.78, 5) is 15.5. The Morgan fingerprint density at radius 1 is 1.12 bits per heavy atom. The van der Waals surface area contributed by atoms with Gasteiger partial charge in [0.05, 0.1) is 16.8 Å². The van der Waals surface area contributed by atoms with Crippen LogP contribution in [0.15, 0.2) is 53.6 Å². The van der Waals surface area contributed by atoms with Gasteiger partial charge in [-0.15, -0.1) is 0 Å². The fourth-order valence-corrected chi connectivity index (χ4v) is 2.78. The lowest BCUT2D eigenvalue weighted by molar-refractivity contribution is -0.384. The quantitative estimate of drug-likeness (QED) is 0.515. The first-order valence-corrected chi connectivity index (χ1v) is 8.19. The molecule has 1 heterocycles. The molecule has 7 heteroatoms. The minimum absolute atomic E-state index is 0.119. The number of nitrogens with zero attached hydrogens (tertiary/aromatic N) is 4. The number of likely N-dealkylation sites (N-methyl/N-ethyl adjacent to an activating group) is 1. The average Bonchev–Trinajstić information content (AvgIpc) is 2.63. The van der Waals surface area contributed by atoms with E-state index in [9.17, 15) is 10.1 Å². The molecule has 0 saturated carbocycles. The van der Waals surface area contributed by atoms with Gasteiger partial charge in [-0.3, -0.25) is 15.5 Å². The lowest BCUT2D eigenvalue weighted by Crippen LogP contribution is -2.44. The summed E-state index contributed by atoms with van der Waals surface area (Å²) < 4.78 is 0. The number of hydrazone groups is 1. The highest BCUT2D eigenvalue weighted by molar-refractivity contribution is 5.83. The molecule has 1 saturated heterocycles. The second kappa shape index (κ2) is 7.76. The molecule has 25 heavy (non-hydrogen) atoms. The van der Waals surface area contributed by atoms with Crippen molar-refractivity contribution in [1.29, 1.82) is 0 Å². The summed E-state index contributed by atoms with van der Waals surface area (Å²) in [6.07, 6.45) is 1.59. The van der Waals surface area contributed by atoms with E-state index in [1.54, 1.807) is 12.3 Å². The van der Waals surface area contributed by atoms with Crippen LogP contribution in [0.3, 0.4) is 0 Å². The Balaban J connectivity index is 1.76. The fourth-order valence-electron chi connectivity index (χ4n) is 2.78. The number of nitrogens with one attached hydrogen (secondary N) is 1. The van der Waals surface area contributed by atoms with E-state index < -0.39 is 0 Å². The number of benzene rings is 2.